The van der Waals surface area contributed by atoms with Crippen LogP contribution in [0.3, 0.4) is 0 Å². The quantitative estimate of drug-likeness (QED) is 0.431. The number of hydrogen-bond donors (Lipinski definition) is 2. The molecular weight excluding hydrogens is 433 g/mol. The second-order valence-electron chi connectivity index (χ2n) is 7.01. The fourth-order valence-corrected chi connectivity index (χ4v) is 3.06. The zero-order valence-corrected chi connectivity index (χ0v) is 17.3. The molecule has 0 radical (unpaired) electrons. The number of alkyl halides is 3. The molecule has 3 aromatic heterocycles. The van der Waals surface area contributed by atoms with Gasteiger partial charge in [-0.05, 0) is 55.0 Å². The van der Waals surface area contributed by atoms with E-state index in [1.165, 1.54) is 6.07 Å². The number of pyridine rings is 2. The van der Waals surface area contributed by atoms with Crippen LogP contribution in [0.25, 0.3) is 11.3 Å². The minimum absolute atomic E-state index is 0.300. The van der Waals surface area contributed by atoms with E-state index in [-0.39, 0.29) is 0 Å². The first kappa shape index (κ1) is 21.9. The van der Waals surface area contributed by atoms with Crippen LogP contribution in [-0.4, -0.2) is 25.8 Å². The Morgan fingerprint density at radius 3 is 2.55 bits per heavy atom. The van der Waals surface area contributed by atoms with Crippen LogP contribution >= 0.6 is 0 Å². The lowest BCUT2D eigenvalue weighted by molar-refractivity contribution is -0.141. The van der Waals surface area contributed by atoms with E-state index in [4.69, 9.17) is 0 Å². The molecule has 0 aliphatic heterocycles. The Balaban J connectivity index is 1.57. The van der Waals surface area contributed by atoms with Gasteiger partial charge in [-0.15, -0.1) is 0 Å². The third kappa shape index (κ3) is 5.12. The van der Waals surface area contributed by atoms with E-state index in [2.05, 4.69) is 30.6 Å². The predicted octanol–water partition coefficient (Wildman–Crippen LogP) is 5.26. The summed E-state index contributed by atoms with van der Waals surface area (Å²) in [6, 6.07) is 12.7. The van der Waals surface area contributed by atoms with Crippen molar-refractivity contribution in [3.63, 3.8) is 0 Å². The number of carbonyl (C=O) groups excluding carboxylic acids is 1. The molecule has 0 fully saturated rings. The average molecular weight is 450 g/mol. The van der Waals surface area contributed by atoms with Gasteiger partial charge in [0.05, 0.1) is 11.3 Å². The van der Waals surface area contributed by atoms with E-state index < -0.39 is 23.3 Å². The van der Waals surface area contributed by atoms with Crippen LogP contribution in [0.15, 0.2) is 73.3 Å². The van der Waals surface area contributed by atoms with Gasteiger partial charge >= 0.3 is 6.18 Å². The first-order chi connectivity index (χ1) is 15.8. The third-order valence-electron chi connectivity index (χ3n) is 4.68. The van der Waals surface area contributed by atoms with Crippen molar-refractivity contribution in [1.82, 2.24) is 19.9 Å². The monoisotopic (exact) mass is 450 g/mol. The van der Waals surface area contributed by atoms with Crippen LogP contribution in [0, 0.1) is 6.92 Å². The maximum Gasteiger partial charge on any atom is 0.434 e. The summed E-state index contributed by atoms with van der Waals surface area (Å²) in [6.07, 6.45) is 1.19. The van der Waals surface area contributed by atoms with Gasteiger partial charge in [0, 0.05) is 41.7 Å². The van der Waals surface area contributed by atoms with Crippen LogP contribution in [-0.2, 0) is 6.18 Å². The Morgan fingerprint density at radius 2 is 1.79 bits per heavy atom. The van der Waals surface area contributed by atoms with E-state index >= 15 is 0 Å². The van der Waals surface area contributed by atoms with Gasteiger partial charge in [-0.2, -0.15) is 13.2 Å². The lowest BCUT2D eigenvalue weighted by Gasteiger charge is -2.14. The zero-order chi connectivity index (χ0) is 23.4. The van der Waals surface area contributed by atoms with Gasteiger partial charge in [-0.1, -0.05) is 6.07 Å². The second-order valence-corrected chi connectivity index (χ2v) is 7.01. The second kappa shape index (κ2) is 9.03. The van der Waals surface area contributed by atoms with E-state index in [0.29, 0.717) is 23.0 Å². The van der Waals surface area contributed by atoms with E-state index in [1.807, 2.05) is 13.0 Å². The highest BCUT2D eigenvalue weighted by atomic mass is 19.4. The molecule has 1 amide bonds. The Kier molecular flexibility index (Phi) is 5.99. The molecule has 0 atom stereocenters. The molecule has 0 aliphatic rings. The van der Waals surface area contributed by atoms with E-state index in [9.17, 15) is 18.0 Å². The normalized spacial score (nSPS) is 11.2. The molecule has 4 rings (SSSR count). The van der Waals surface area contributed by atoms with E-state index in [0.717, 1.165) is 23.4 Å². The number of aryl methyl sites for hydroxylation is 1. The number of amides is 1. The molecule has 0 saturated heterocycles. The van der Waals surface area contributed by atoms with Crippen LogP contribution in [0.2, 0.25) is 0 Å². The maximum absolute atomic E-state index is 13.2. The molecule has 0 aliphatic carbocycles. The maximum atomic E-state index is 13.2. The summed E-state index contributed by atoms with van der Waals surface area (Å²) in [5, 5.41) is 5.58. The minimum atomic E-state index is -4.75. The van der Waals surface area contributed by atoms with Crippen LogP contribution in [0.4, 0.5) is 30.5 Å². The first-order valence-electron chi connectivity index (χ1n) is 9.76. The molecule has 0 saturated carbocycles. The molecule has 2 N–H and O–H groups in total. The predicted molar refractivity (Wildman–Crippen MR) is 117 cm³/mol. The molecule has 33 heavy (non-hydrogen) atoms. The van der Waals surface area contributed by atoms with Crippen molar-refractivity contribution >= 4 is 23.2 Å². The molecule has 4 aromatic rings. The lowest BCUT2D eigenvalue weighted by atomic mass is 10.1. The van der Waals surface area contributed by atoms with Crippen molar-refractivity contribution in [3.8, 4) is 11.3 Å². The molecule has 1 aromatic carbocycles. The standard InChI is InChI=1S/C23H17F3N6O/c1-14-6-7-16(30-21(33)17-5-3-10-28-20(17)23(24,25)26)12-19(14)32-22-29-11-8-18(31-22)15-4-2-9-27-13-15/h2-13H,1H3,(H,30,33)(H,29,31,32). The van der Waals surface area contributed by atoms with Crippen molar-refractivity contribution in [1.29, 1.82) is 0 Å². The Bertz CT molecular complexity index is 1290. The molecule has 7 nitrogen and oxygen atoms in total. The summed E-state index contributed by atoms with van der Waals surface area (Å²) in [7, 11) is 0. The molecule has 166 valence electrons. The number of carbonyl (C=O) groups is 1. The van der Waals surface area contributed by atoms with E-state index in [1.54, 1.807) is 48.9 Å². The van der Waals surface area contributed by atoms with Gasteiger partial charge in [0.15, 0.2) is 5.69 Å². The molecule has 0 unspecified atom stereocenters. The van der Waals surface area contributed by atoms with Crippen LogP contribution < -0.4 is 10.6 Å². The van der Waals surface area contributed by atoms with Crippen molar-refractivity contribution in [2.45, 2.75) is 13.1 Å². The number of hydrogen-bond acceptors (Lipinski definition) is 6. The zero-order valence-electron chi connectivity index (χ0n) is 17.3. The lowest BCUT2D eigenvalue weighted by Crippen LogP contribution is -2.20. The van der Waals surface area contributed by atoms with Gasteiger partial charge in [0.2, 0.25) is 5.95 Å². The van der Waals surface area contributed by atoms with Crippen molar-refractivity contribution in [3.05, 3.63) is 90.1 Å². The SMILES string of the molecule is Cc1ccc(NC(=O)c2cccnc2C(F)(F)F)cc1Nc1nccc(-c2cccnc2)n1. The summed E-state index contributed by atoms with van der Waals surface area (Å²) in [6.45, 7) is 1.84. The van der Waals surface area contributed by atoms with Crippen LogP contribution in [0.5, 0.6) is 0 Å². The summed E-state index contributed by atoms with van der Waals surface area (Å²) < 4.78 is 39.6. The minimum Gasteiger partial charge on any atom is -0.324 e. The van der Waals surface area contributed by atoms with Gasteiger partial charge in [-0.25, -0.2) is 9.97 Å². The molecule has 10 heteroatoms. The first-order valence-corrected chi connectivity index (χ1v) is 9.76. The summed E-state index contributed by atoms with van der Waals surface area (Å²) >= 11 is 0. The average Bonchev–Trinajstić information content (AvgIpc) is 2.81. The number of rotatable bonds is 5. The Morgan fingerprint density at radius 1 is 0.970 bits per heavy atom. The third-order valence-corrected chi connectivity index (χ3v) is 4.68. The topological polar surface area (TPSA) is 92.7 Å². The smallest absolute Gasteiger partial charge is 0.324 e. The largest absolute Gasteiger partial charge is 0.434 e. The fourth-order valence-electron chi connectivity index (χ4n) is 3.06. The number of nitrogens with zero attached hydrogens (tertiary/aromatic N) is 4. The number of benzene rings is 1. The van der Waals surface area contributed by atoms with Crippen molar-refractivity contribution in [2.75, 3.05) is 10.6 Å². The molecule has 0 spiro atoms. The number of halogens is 3. The summed E-state index contributed by atoms with van der Waals surface area (Å²) in [4.78, 5) is 28.6. The van der Waals surface area contributed by atoms with Gasteiger partial charge in [0.25, 0.3) is 5.91 Å². The Labute approximate surface area is 186 Å². The molecule has 3 heterocycles. The molecular formula is C23H17F3N6O. The number of nitrogens with one attached hydrogen (secondary N) is 2. The van der Waals surface area contributed by atoms with Crippen molar-refractivity contribution in [2.24, 2.45) is 0 Å². The van der Waals surface area contributed by atoms with Gasteiger partial charge < -0.3 is 10.6 Å². The highest BCUT2D eigenvalue weighted by Crippen LogP contribution is 2.31. The highest BCUT2D eigenvalue weighted by Gasteiger charge is 2.36. The van der Waals surface area contributed by atoms with Crippen molar-refractivity contribution < 1.29 is 18.0 Å². The van der Waals surface area contributed by atoms with Crippen LogP contribution in [0.1, 0.15) is 21.6 Å². The molecule has 0 bridgehead atoms. The fraction of sp³-hybridized carbons (Fsp3) is 0.0870. The summed E-state index contributed by atoms with van der Waals surface area (Å²) in [5.41, 5.74) is 1.38. The summed E-state index contributed by atoms with van der Waals surface area (Å²) in [5.74, 6) is -0.602. The Hall–Kier alpha value is -4.34. The van der Waals surface area contributed by atoms with Gasteiger partial charge in [0.1, 0.15) is 0 Å². The number of anilines is 3. The van der Waals surface area contributed by atoms with Gasteiger partial charge in [-0.3, -0.25) is 14.8 Å². The number of aromatic nitrogens is 4. The highest BCUT2D eigenvalue weighted by molar-refractivity contribution is 6.05.